The molecule has 0 saturated carbocycles. The molecule has 0 saturated heterocycles. The summed E-state index contributed by atoms with van der Waals surface area (Å²) in [6, 6.07) is 5.17. The minimum Gasteiger partial charge on any atom is -0.383 e. The molecule has 0 spiro atoms. The van der Waals surface area contributed by atoms with Gasteiger partial charge >= 0.3 is 11.8 Å². The van der Waals surface area contributed by atoms with Gasteiger partial charge in [-0.3, -0.25) is 14.4 Å². The van der Waals surface area contributed by atoms with E-state index in [9.17, 15) is 14.4 Å². The lowest BCUT2D eigenvalue weighted by molar-refractivity contribution is -0.139. The van der Waals surface area contributed by atoms with E-state index in [2.05, 4.69) is 21.2 Å². The predicted molar refractivity (Wildman–Crippen MR) is 95.6 cm³/mol. The molecule has 1 aromatic rings. The van der Waals surface area contributed by atoms with E-state index in [-0.39, 0.29) is 18.9 Å². The third-order valence-electron chi connectivity index (χ3n) is 3.02. The van der Waals surface area contributed by atoms with E-state index in [1.54, 1.807) is 25.1 Å². The molecule has 0 aromatic heterocycles. The highest BCUT2D eigenvalue weighted by Gasteiger charge is 2.12. The number of methoxy groups -OCH3 is 1. The zero-order valence-corrected chi connectivity index (χ0v) is 15.1. The molecule has 8 nitrogen and oxygen atoms in total. The first-order chi connectivity index (χ1) is 11.8. The number of aryl methyl sites for hydroxylation is 1. The number of nitrogens with one attached hydrogen (secondary N) is 3. The highest BCUT2D eigenvalue weighted by Crippen LogP contribution is 2.19. The number of hydrogen-bond donors (Lipinski definition) is 3. The lowest BCUT2D eigenvalue weighted by Gasteiger charge is -2.07. The van der Waals surface area contributed by atoms with Crippen LogP contribution in [0.4, 0.5) is 5.69 Å². The maximum atomic E-state index is 11.9. The summed E-state index contributed by atoms with van der Waals surface area (Å²) in [7, 11) is 1.48. The van der Waals surface area contributed by atoms with Gasteiger partial charge in [-0.25, -0.2) is 5.43 Å². The molecule has 0 unspecified atom stereocenters. The van der Waals surface area contributed by atoms with Crippen molar-refractivity contribution in [3.8, 4) is 0 Å². The van der Waals surface area contributed by atoms with Crippen LogP contribution in [0.15, 0.2) is 23.3 Å². The van der Waals surface area contributed by atoms with Crippen LogP contribution in [0.1, 0.15) is 18.9 Å². The van der Waals surface area contributed by atoms with E-state index in [0.717, 1.165) is 5.56 Å². The van der Waals surface area contributed by atoms with Gasteiger partial charge in [-0.15, -0.1) is 0 Å². The fraction of sp³-hybridized carbons (Fsp3) is 0.375. The first kappa shape index (κ1) is 20.6. The lowest BCUT2D eigenvalue weighted by atomic mass is 10.2. The van der Waals surface area contributed by atoms with Gasteiger partial charge in [0.15, 0.2) is 0 Å². The summed E-state index contributed by atoms with van der Waals surface area (Å²) >= 11 is 5.99. The molecule has 136 valence electrons. The molecule has 9 heteroatoms. The summed E-state index contributed by atoms with van der Waals surface area (Å²) in [4.78, 5) is 34.8. The number of amides is 3. The molecule has 1 rings (SSSR count). The average Bonchev–Trinajstić information content (AvgIpc) is 2.56. The standard InChI is InChI=1S/C16H21ClN4O4/c1-10-4-5-12(9-13(10)17)19-14(22)8-11(2)20-21-16(24)15(23)18-6-7-25-3/h4-5,9H,6-8H2,1-3H3,(H,18,23)(H,19,22)(H,21,24)/b20-11-. The molecule has 1 aromatic carbocycles. The summed E-state index contributed by atoms with van der Waals surface area (Å²) in [6.45, 7) is 3.93. The first-order valence-electron chi connectivity index (χ1n) is 7.49. The van der Waals surface area contributed by atoms with E-state index >= 15 is 0 Å². The van der Waals surface area contributed by atoms with Crippen molar-refractivity contribution in [1.82, 2.24) is 10.7 Å². The molecular weight excluding hydrogens is 348 g/mol. The minimum absolute atomic E-state index is 0.0446. The molecule has 3 amide bonds. The Morgan fingerprint density at radius 3 is 2.60 bits per heavy atom. The van der Waals surface area contributed by atoms with Gasteiger partial charge in [-0.2, -0.15) is 5.10 Å². The lowest BCUT2D eigenvalue weighted by Crippen LogP contribution is -2.39. The molecule has 0 fully saturated rings. The van der Waals surface area contributed by atoms with Crippen LogP contribution in [-0.2, 0) is 19.1 Å². The van der Waals surface area contributed by atoms with Crippen molar-refractivity contribution in [2.45, 2.75) is 20.3 Å². The molecule has 0 bridgehead atoms. The van der Waals surface area contributed by atoms with Gasteiger partial charge in [0.25, 0.3) is 0 Å². The fourth-order valence-electron chi connectivity index (χ4n) is 1.69. The van der Waals surface area contributed by atoms with Crippen molar-refractivity contribution in [2.75, 3.05) is 25.6 Å². The fourth-order valence-corrected chi connectivity index (χ4v) is 1.87. The molecule has 0 aliphatic heterocycles. The van der Waals surface area contributed by atoms with Crippen LogP contribution < -0.4 is 16.1 Å². The molecule has 25 heavy (non-hydrogen) atoms. The summed E-state index contributed by atoms with van der Waals surface area (Å²) in [5, 5.41) is 9.30. The van der Waals surface area contributed by atoms with Crippen LogP contribution in [0.2, 0.25) is 5.02 Å². The normalized spacial score (nSPS) is 11.0. The molecule has 0 aliphatic carbocycles. The SMILES string of the molecule is COCCNC(=O)C(=O)N/N=C(/C)CC(=O)Nc1ccc(C)c(Cl)c1. The summed E-state index contributed by atoms with van der Waals surface area (Å²) in [6.07, 6.45) is -0.0446. The Morgan fingerprint density at radius 1 is 1.24 bits per heavy atom. The van der Waals surface area contributed by atoms with Crippen molar-refractivity contribution in [3.63, 3.8) is 0 Å². The van der Waals surface area contributed by atoms with Crippen molar-refractivity contribution < 1.29 is 19.1 Å². The van der Waals surface area contributed by atoms with E-state index < -0.39 is 11.8 Å². The number of hydrogen-bond acceptors (Lipinski definition) is 5. The molecular formula is C16H21ClN4O4. The molecule has 3 N–H and O–H groups in total. The zero-order valence-electron chi connectivity index (χ0n) is 14.3. The van der Waals surface area contributed by atoms with E-state index in [1.165, 1.54) is 7.11 Å². The maximum Gasteiger partial charge on any atom is 0.329 e. The second-order valence-electron chi connectivity index (χ2n) is 5.23. The second-order valence-corrected chi connectivity index (χ2v) is 5.63. The third kappa shape index (κ3) is 7.77. The topological polar surface area (TPSA) is 109 Å². The Labute approximate surface area is 150 Å². The average molecular weight is 369 g/mol. The Morgan fingerprint density at radius 2 is 1.96 bits per heavy atom. The van der Waals surface area contributed by atoms with Crippen molar-refractivity contribution >= 4 is 40.7 Å². The Kier molecular flexibility index (Phi) is 8.59. The van der Waals surface area contributed by atoms with Crippen LogP contribution in [0.5, 0.6) is 0 Å². The number of nitrogens with zero attached hydrogens (tertiary/aromatic N) is 1. The number of ether oxygens (including phenoxy) is 1. The van der Waals surface area contributed by atoms with Gasteiger partial charge in [0.1, 0.15) is 0 Å². The minimum atomic E-state index is -0.916. The van der Waals surface area contributed by atoms with Crippen LogP contribution in [0, 0.1) is 6.92 Å². The van der Waals surface area contributed by atoms with Gasteiger partial charge in [0.2, 0.25) is 5.91 Å². The number of rotatable bonds is 7. The van der Waals surface area contributed by atoms with Gasteiger partial charge < -0.3 is 15.4 Å². The molecule has 0 aliphatic rings. The first-order valence-corrected chi connectivity index (χ1v) is 7.87. The quantitative estimate of drug-likeness (QED) is 0.291. The highest BCUT2D eigenvalue weighted by atomic mass is 35.5. The van der Waals surface area contributed by atoms with Gasteiger partial charge in [-0.05, 0) is 31.5 Å². The maximum absolute atomic E-state index is 11.9. The van der Waals surface area contributed by atoms with Crippen molar-refractivity contribution in [1.29, 1.82) is 0 Å². The Balaban J connectivity index is 2.45. The van der Waals surface area contributed by atoms with Crippen molar-refractivity contribution in [2.24, 2.45) is 5.10 Å². The summed E-state index contributed by atoms with van der Waals surface area (Å²) in [5.74, 6) is -2.06. The Bertz CT molecular complexity index is 676. The van der Waals surface area contributed by atoms with Crippen LogP contribution in [0.3, 0.4) is 0 Å². The number of carbonyl (C=O) groups is 3. The number of carbonyl (C=O) groups excluding carboxylic acids is 3. The monoisotopic (exact) mass is 368 g/mol. The summed E-state index contributed by atoms with van der Waals surface area (Å²) < 4.78 is 4.75. The molecule has 0 atom stereocenters. The van der Waals surface area contributed by atoms with E-state index in [1.807, 2.05) is 6.92 Å². The van der Waals surface area contributed by atoms with E-state index in [4.69, 9.17) is 16.3 Å². The number of anilines is 1. The largest absolute Gasteiger partial charge is 0.383 e. The van der Waals surface area contributed by atoms with E-state index in [0.29, 0.717) is 23.0 Å². The van der Waals surface area contributed by atoms with Crippen molar-refractivity contribution in [3.05, 3.63) is 28.8 Å². The second kappa shape index (κ2) is 10.4. The third-order valence-corrected chi connectivity index (χ3v) is 3.43. The number of benzene rings is 1. The van der Waals surface area contributed by atoms with Gasteiger partial charge in [0, 0.05) is 30.1 Å². The predicted octanol–water partition coefficient (Wildman–Crippen LogP) is 1.23. The van der Waals surface area contributed by atoms with Crippen LogP contribution in [0.25, 0.3) is 0 Å². The number of halogens is 1. The van der Waals surface area contributed by atoms with Gasteiger partial charge in [-0.1, -0.05) is 17.7 Å². The molecule has 0 heterocycles. The molecule has 0 radical (unpaired) electrons. The number of hydrazone groups is 1. The van der Waals surface area contributed by atoms with Gasteiger partial charge in [0.05, 0.1) is 13.0 Å². The highest BCUT2D eigenvalue weighted by molar-refractivity contribution is 6.35. The smallest absolute Gasteiger partial charge is 0.329 e. The zero-order chi connectivity index (χ0) is 18.8. The summed E-state index contributed by atoms with van der Waals surface area (Å²) in [5.41, 5.74) is 3.90. The van der Waals surface area contributed by atoms with Crippen LogP contribution in [-0.4, -0.2) is 43.7 Å². The van der Waals surface area contributed by atoms with Crippen LogP contribution >= 0.6 is 11.6 Å². The Hall–Kier alpha value is -2.45.